The zero-order chi connectivity index (χ0) is 15.6. The minimum absolute atomic E-state index is 0.111. The number of halogens is 1. The van der Waals surface area contributed by atoms with Gasteiger partial charge in [-0.25, -0.2) is 0 Å². The van der Waals surface area contributed by atoms with Gasteiger partial charge in [0.25, 0.3) is 5.69 Å². The van der Waals surface area contributed by atoms with Gasteiger partial charge in [0.05, 0.1) is 15.5 Å². The maximum absolute atomic E-state index is 10.7. The Morgan fingerprint density at radius 1 is 1.29 bits per heavy atom. The van der Waals surface area contributed by atoms with Crippen molar-refractivity contribution < 1.29 is 9.66 Å². The number of ether oxygens (including phenoxy) is 1. The minimum Gasteiger partial charge on any atom is -0.455 e. The Balaban J connectivity index is 2.40. The topological polar surface area (TPSA) is 102 Å². The van der Waals surface area contributed by atoms with E-state index in [1.54, 1.807) is 18.2 Å². The number of amidine groups is 1. The molecule has 3 N–H and O–H groups in total. The molecule has 0 amide bonds. The van der Waals surface area contributed by atoms with E-state index in [0.29, 0.717) is 11.3 Å². The predicted octanol–water partition coefficient (Wildman–Crippen LogP) is 3.63. The zero-order valence-corrected chi connectivity index (χ0v) is 11.8. The van der Waals surface area contributed by atoms with Crippen LogP contribution < -0.4 is 10.5 Å². The van der Waals surface area contributed by atoms with E-state index in [0.717, 1.165) is 5.56 Å². The van der Waals surface area contributed by atoms with Gasteiger partial charge in [-0.05, 0) is 30.7 Å². The first kappa shape index (κ1) is 14.8. The van der Waals surface area contributed by atoms with Crippen LogP contribution in [0.4, 0.5) is 5.69 Å². The lowest BCUT2D eigenvalue weighted by molar-refractivity contribution is -0.384. The molecule has 21 heavy (non-hydrogen) atoms. The maximum Gasteiger partial charge on any atom is 0.271 e. The lowest BCUT2D eigenvalue weighted by atomic mass is 10.1. The van der Waals surface area contributed by atoms with Gasteiger partial charge in [-0.1, -0.05) is 17.7 Å². The number of nitrogens with zero attached hydrogens (tertiary/aromatic N) is 1. The van der Waals surface area contributed by atoms with Gasteiger partial charge in [-0.3, -0.25) is 15.5 Å². The van der Waals surface area contributed by atoms with Gasteiger partial charge >= 0.3 is 0 Å². The van der Waals surface area contributed by atoms with Crippen molar-refractivity contribution in [1.82, 2.24) is 0 Å². The first-order valence-electron chi connectivity index (χ1n) is 5.95. The van der Waals surface area contributed by atoms with Crippen LogP contribution in [0.5, 0.6) is 11.5 Å². The lowest BCUT2D eigenvalue weighted by Gasteiger charge is -2.12. The van der Waals surface area contributed by atoms with E-state index < -0.39 is 4.92 Å². The number of non-ortho nitro benzene ring substituents is 1. The molecular weight excluding hydrogens is 294 g/mol. The molecule has 2 aromatic rings. The van der Waals surface area contributed by atoms with Crippen molar-refractivity contribution in [3.63, 3.8) is 0 Å². The molecule has 0 fully saturated rings. The van der Waals surface area contributed by atoms with Crippen LogP contribution in [-0.2, 0) is 0 Å². The average molecular weight is 306 g/mol. The molecule has 2 aromatic carbocycles. The largest absolute Gasteiger partial charge is 0.455 e. The number of nitrogens with two attached hydrogens (primary N) is 1. The summed E-state index contributed by atoms with van der Waals surface area (Å²) in [4.78, 5) is 10.1. The van der Waals surface area contributed by atoms with Crippen molar-refractivity contribution in [2.45, 2.75) is 6.92 Å². The fourth-order valence-corrected chi connectivity index (χ4v) is 1.95. The monoisotopic (exact) mass is 305 g/mol. The second-order valence-corrected chi connectivity index (χ2v) is 4.79. The van der Waals surface area contributed by atoms with Crippen molar-refractivity contribution in [3.05, 3.63) is 62.7 Å². The maximum atomic E-state index is 10.7. The highest BCUT2D eigenvalue weighted by Gasteiger charge is 2.13. The number of rotatable bonds is 4. The third-order valence-corrected chi connectivity index (χ3v) is 3.07. The van der Waals surface area contributed by atoms with Crippen LogP contribution >= 0.6 is 11.6 Å². The second kappa shape index (κ2) is 5.80. The molecule has 0 bridgehead atoms. The van der Waals surface area contributed by atoms with E-state index in [1.807, 2.05) is 6.92 Å². The van der Waals surface area contributed by atoms with Crippen molar-refractivity contribution in [2.75, 3.05) is 0 Å². The Morgan fingerprint density at radius 2 is 2.00 bits per heavy atom. The summed E-state index contributed by atoms with van der Waals surface area (Å²) >= 11 is 5.98. The van der Waals surface area contributed by atoms with Gasteiger partial charge < -0.3 is 10.5 Å². The van der Waals surface area contributed by atoms with Crippen LogP contribution in [-0.4, -0.2) is 10.8 Å². The van der Waals surface area contributed by atoms with Crippen molar-refractivity contribution in [1.29, 1.82) is 5.41 Å². The summed E-state index contributed by atoms with van der Waals surface area (Å²) in [6.07, 6.45) is 0. The summed E-state index contributed by atoms with van der Waals surface area (Å²) in [5.41, 5.74) is 6.73. The fourth-order valence-electron chi connectivity index (χ4n) is 1.74. The van der Waals surface area contributed by atoms with Crippen molar-refractivity contribution in [3.8, 4) is 11.5 Å². The van der Waals surface area contributed by atoms with E-state index >= 15 is 0 Å². The fraction of sp³-hybridized carbons (Fsp3) is 0.0714. The van der Waals surface area contributed by atoms with Gasteiger partial charge in [0, 0.05) is 12.1 Å². The standard InChI is InChI=1S/C14H12ClN3O3/c1-8-2-4-10(14(16)17)13(6-8)21-12-5-3-9(18(19)20)7-11(12)15/h2-7H,1H3,(H3,16,17). The van der Waals surface area contributed by atoms with Crippen LogP contribution in [0.3, 0.4) is 0 Å². The first-order valence-corrected chi connectivity index (χ1v) is 6.33. The first-order chi connectivity index (χ1) is 9.88. The van der Waals surface area contributed by atoms with Crippen LogP contribution in [0.15, 0.2) is 36.4 Å². The highest BCUT2D eigenvalue weighted by atomic mass is 35.5. The van der Waals surface area contributed by atoms with Crippen LogP contribution in [0.2, 0.25) is 5.02 Å². The molecule has 0 aliphatic carbocycles. The number of nitro benzene ring substituents is 1. The molecule has 108 valence electrons. The van der Waals surface area contributed by atoms with Gasteiger partial charge in [0.2, 0.25) is 0 Å². The van der Waals surface area contributed by atoms with E-state index in [4.69, 9.17) is 27.5 Å². The van der Waals surface area contributed by atoms with E-state index in [2.05, 4.69) is 0 Å². The molecule has 7 heteroatoms. The van der Waals surface area contributed by atoms with Crippen LogP contribution in [0.25, 0.3) is 0 Å². The molecule has 0 radical (unpaired) electrons. The normalized spacial score (nSPS) is 10.2. The number of hydrogen-bond acceptors (Lipinski definition) is 4. The Morgan fingerprint density at radius 3 is 2.57 bits per heavy atom. The molecule has 0 spiro atoms. The van der Waals surface area contributed by atoms with E-state index in [1.165, 1.54) is 18.2 Å². The van der Waals surface area contributed by atoms with Gasteiger partial charge in [-0.15, -0.1) is 0 Å². The molecule has 0 saturated heterocycles. The second-order valence-electron chi connectivity index (χ2n) is 4.39. The Kier molecular flexibility index (Phi) is 4.09. The smallest absolute Gasteiger partial charge is 0.271 e. The number of hydrogen-bond donors (Lipinski definition) is 2. The summed E-state index contributed by atoms with van der Waals surface area (Å²) in [6, 6.07) is 9.11. The molecular formula is C14H12ClN3O3. The van der Waals surface area contributed by atoms with Gasteiger partial charge in [0.15, 0.2) is 0 Å². The van der Waals surface area contributed by atoms with Crippen LogP contribution in [0.1, 0.15) is 11.1 Å². The SMILES string of the molecule is Cc1ccc(C(=N)N)c(Oc2ccc([N+](=O)[O-])cc2Cl)c1. The molecule has 0 saturated carbocycles. The summed E-state index contributed by atoms with van der Waals surface area (Å²) < 4.78 is 5.64. The molecule has 0 aliphatic heterocycles. The predicted molar refractivity (Wildman–Crippen MR) is 80.4 cm³/mol. The van der Waals surface area contributed by atoms with Gasteiger partial charge in [0.1, 0.15) is 17.3 Å². The summed E-state index contributed by atoms with van der Waals surface area (Å²) in [7, 11) is 0. The Hall–Kier alpha value is -2.60. The number of aryl methyl sites for hydroxylation is 1. The molecule has 6 nitrogen and oxygen atoms in total. The number of nitro groups is 1. The lowest BCUT2D eigenvalue weighted by Crippen LogP contribution is -2.12. The summed E-state index contributed by atoms with van der Waals surface area (Å²) in [5, 5.41) is 18.3. The van der Waals surface area contributed by atoms with Crippen molar-refractivity contribution >= 4 is 23.1 Å². The number of nitrogen functional groups attached to an aromatic ring is 1. The highest BCUT2D eigenvalue weighted by molar-refractivity contribution is 6.32. The summed E-state index contributed by atoms with van der Waals surface area (Å²) in [5.74, 6) is 0.497. The Labute approximate surface area is 125 Å². The van der Waals surface area contributed by atoms with Gasteiger partial charge in [-0.2, -0.15) is 0 Å². The third-order valence-electron chi connectivity index (χ3n) is 2.77. The number of benzene rings is 2. The molecule has 0 unspecified atom stereocenters. The van der Waals surface area contributed by atoms with Crippen molar-refractivity contribution in [2.24, 2.45) is 5.73 Å². The molecule has 0 atom stereocenters. The van der Waals surface area contributed by atoms with E-state index in [-0.39, 0.29) is 22.3 Å². The molecule has 0 aliphatic rings. The van der Waals surface area contributed by atoms with E-state index in [9.17, 15) is 10.1 Å². The van der Waals surface area contributed by atoms with Crippen LogP contribution in [0, 0.1) is 22.4 Å². The molecule has 0 aromatic heterocycles. The quantitative estimate of drug-likeness (QED) is 0.389. The summed E-state index contributed by atoms with van der Waals surface area (Å²) in [6.45, 7) is 1.87. The molecule has 0 heterocycles. The molecule has 2 rings (SSSR count). The third kappa shape index (κ3) is 3.29. The highest BCUT2D eigenvalue weighted by Crippen LogP contribution is 2.34. The average Bonchev–Trinajstić information content (AvgIpc) is 2.40. The number of nitrogens with one attached hydrogen (secondary N) is 1. The zero-order valence-electron chi connectivity index (χ0n) is 11.1. The Bertz CT molecular complexity index is 731. The minimum atomic E-state index is -0.538.